The van der Waals surface area contributed by atoms with Gasteiger partial charge in [-0.25, -0.2) is 0 Å². The normalized spacial score (nSPS) is 11.8. The SMILES string of the molecule is CN(C)c1cccc(OCC(O)c2cccc([N+](=O)[O-])c2)c1. The lowest BCUT2D eigenvalue weighted by atomic mass is 10.1. The molecule has 6 nitrogen and oxygen atoms in total. The maximum Gasteiger partial charge on any atom is 0.269 e. The second-order valence-electron chi connectivity index (χ2n) is 5.07. The number of non-ortho nitro benzene ring substituents is 1. The number of nitro groups is 1. The first-order valence-corrected chi connectivity index (χ1v) is 6.80. The number of aliphatic hydroxyl groups excluding tert-OH is 1. The Bertz CT molecular complexity index is 658. The quantitative estimate of drug-likeness (QED) is 0.656. The van der Waals surface area contributed by atoms with Crippen molar-refractivity contribution in [3.05, 3.63) is 64.2 Å². The third-order valence-corrected chi connectivity index (χ3v) is 3.21. The van der Waals surface area contributed by atoms with E-state index in [2.05, 4.69) is 0 Å². The highest BCUT2D eigenvalue weighted by molar-refractivity contribution is 5.49. The summed E-state index contributed by atoms with van der Waals surface area (Å²) in [5.74, 6) is 0.635. The zero-order valence-electron chi connectivity index (χ0n) is 12.5. The van der Waals surface area contributed by atoms with Crippen LogP contribution in [0.3, 0.4) is 0 Å². The number of ether oxygens (including phenoxy) is 1. The Kier molecular flexibility index (Phi) is 4.95. The molecule has 0 fully saturated rings. The van der Waals surface area contributed by atoms with Crippen molar-refractivity contribution in [3.63, 3.8) is 0 Å². The van der Waals surface area contributed by atoms with Crippen molar-refractivity contribution in [1.82, 2.24) is 0 Å². The van der Waals surface area contributed by atoms with Crippen LogP contribution in [0, 0.1) is 10.1 Å². The van der Waals surface area contributed by atoms with E-state index in [4.69, 9.17) is 4.74 Å². The van der Waals surface area contributed by atoms with Gasteiger partial charge in [0.05, 0.1) is 4.92 Å². The molecule has 0 saturated carbocycles. The molecule has 0 aromatic heterocycles. The number of nitrogens with zero attached hydrogens (tertiary/aromatic N) is 2. The first kappa shape index (κ1) is 15.8. The van der Waals surface area contributed by atoms with Gasteiger partial charge in [0.2, 0.25) is 0 Å². The summed E-state index contributed by atoms with van der Waals surface area (Å²) in [6, 6.07) is 13.4. The largest absolute Gasteiger partial charge is 0.490 e. The van der Waals surface area contributed by atoms with E-state index in [0.29, 0.717) is 11.3 Å². The molecule has 2 rings (SSSR count). The molecule has 1 unspecified atom stereocenters. The molecular weight excluding hydrogens is 284 g/mol. The molecule has 0 aliphatic rings. The lowest BCUT2D eigenvalue weighted by molar-refractivity contribution is -0.385. The Balaban J connectivity index is 2.03. The summed E-state index contributed by atoms with van der Waals surface area (Å²) in [4.78, 5) is 12.2. The molecule has 0 bridgehead atoms. The van der Waals surface area contributed by atoms with E-state index >= 15 is 0 Å². The van der Waals surface area contributed by atoms with Crippen LogP contribution >= 0.6 is 0 Å². The highest BCUT2D eigenvalue weighted by Crippen LogP contribution is 2.23. The molecule has 0 heterocycles. The van der Waals surface area contributed by atoms with Gasteiger partial charge in [0, 0.05) is 38.0 Å². The Morgan fingerprint density at radius 2 is 1.95 bits per heavy atom. The lowest BCUT2D eigenvalue weighted by Gasteiger charge is -2.16. The maximum absolute atomic E-state index is 10.7. The Morgan fingerprint density at radius 1 is 1.23 bits per heavy atom. The minimum absolute atomic E-state index is 0.0258. The van der Waals surface area contributed by atoms with Crippen molar-refractivity contribution >= 4 is 11.4 Å². The summed E-state index contributed by atoms with van der Waals surface area (Å²) in [5.41, 5.74) is 1.39. The molecule has 1 N–H and O–H groups in total. The van der Waals surface area contributed by atoms with E-state index in [0.717, 1.165) is 5.69 Å². The van der Waals surface area contributed by atoms with Crippen molar-refractivity contribution in [2.45, 2.75) is 6.10 Å². The summed E-state index contributed by atoms with van der Waals surface area (Å²) >= 11 is 0. The fraction of sp³-hybridized carbons (Fsp3) is 0.250. The molecule has 2 aromatic rings. The number of hydrogen-bond acceptors (Lipinski definition) is 5. The number of anilines is 1. The fourth-order valence-electron chi connectivity index (χ4n) is 1.97. The first-order valence-electron chi connectivity index (χ1n) is 6.80. The smallest absolute Gasteiger partial charge is 0.269 e. The third-order valence-electron chi connectivity index (χ3n) is 3.21. The monoisotopic (exact) mass is 302 g/mol. The maximum atomic E-state index is 10.7. The van der Waals surface area contributed by atoms with Crippen molar-refractivity contribution in [3.8, 4) is 5.75 Å². The van der Waals surface area contributed by atoms with Crippen LogP contribution in [0.2, 0.25) is 0 Å². The summed E-state index contributed by atoms with van der Waals surface area (Å²) in [6.45, 7) is 0.0258. The Morgan fingerprint density at radius 3 is 2.64 bits per heavy atom. The average Bonchev–Trinajstić information content (AvgIpc) is 2.53. The lowest BCUT2D eigenvalue weighted by Crippen LogP contribution is -2.11. The van der Waals surface area contributed by atoms with Crippen molar-refractivity contribution in [2.24, 2.45) is 0 Å². The minimum Gasteiger partial charge on any atom is -0.490 e. The molecular formula is C16H18N2O4. The molecule has 1 atom stereocenters. The molecule has 116 valence electrons. The van der Waals surface area contributed by atoms with Crippen LogP contribution in [-0.4, -0.2) is 30.7 Å². The minimum atomic E-state index is -0.928. The fourth-order valence-corrected chi connectivity index (χ4v) is 1.97. The zero-order valence-corrected chi connectivity index (χ0v) is 12.5. The van der Waals surface area contributed by atoms with Crippen LogP contribution in [0.15, 0.2) is 48.5 Å². The van der Waals surface area contributed by atoms with E-state index in [1.165, 1.54) is 12.1 Å². The summed E-state index contributed by atoms with van der Waals surface area (Å²) in [5, 5.41) is 20.9. The van der Waals surface area contributed by atoms with Gasteiger partial charge in [-0.15, -0.1) is 0 Å². The van der Waals surface area contributed by atoms with E-state index < -0.39 is 11.0 Å². The second-order valence-corrected chi connectivity index (χ2v) is 5.07. The van der Waals surface area contributed by atoms with E-state index in [9.17, 15) is 15.2 Å². The number of nitro benzene ring substituents is 1. The van der Waals surface area contributed by atoms with Crippen molar-refractivity contribution in [1.29, 1.82) is 0 Å². The zero-order chi connectivity index (χ0) is 16.1. The van der Waals surface area contributed by atoms with Crippen LogP contribution in [-0.2, 0) is 0 Å². The second kappa shape index (κ2) is 6.91. The van der Waals surface area contributed by atoms with Gasteiger partial charge in [0.25, 0.3) is 5.69 Å². The molecule has 6 heteroatoms. The van der Waals surface area contributed by atoms with Gasteiger partial charge in [0.15, 0.2) is 0 Å². The van der Waals surface area contributed by atoms with Crippen LogP contribution in [0.4, 0.5) is 11.4 Å². The molecule has 0 saturated heterocycles. The molecule has 0 radical (unpaired) electrons. The van der Waals surface area contributed by atoms with Gasteiger partial charge >= 0.3 is 0 Å². The number of aliphatic hydroxyl groups is 1. The van der Waals surface area contributed by atoms with Gasteiger partial charge in [-0.1, -0.05) is 18.2 Å². The van der Waals surface area contributed by atoms with Crippen LogP contribution in [0.25, 0.3) is 0 Å². The molecule has 22 heavy (non-hydrogen) atoms. The summed E-state index contributed by atoms with van der Waals surface area (Å²) in [7, 11) is 3.86. The molecule has 2 aromatic carbocycles. The molecule has 0 spiro atoms. The van der Waals surface area contributed by atoms with Gasteiger partial charge in [0.1, 0.15) is 18.5 Å². The highest BCUT2D eigenvalue weighted by atomic mass is 16.6. The van der Waals surface area contributed by atoms with E-state index in [-0.39, 0.29) is 12.3 Å². The Hall–Kier alpha value is -2.60. The van der Waals surface area contributed by atoms with Crippen LogP contribution in [0.5, 0.6) is 5.75 Å². The number of benzene rings is 2. The Labute approximate surface area is 128 Å². The van der Waals surface area contributed by atoms with Crippen molar-refractivity contribution in [2.75, 3.05) is 25.6 Å². The van der Waals surface area contributed by atoms with Crippen LogP contribution < -0.4 is 9.64 Å². The third kappa shape index (κ3) is 3.95. The predicted molar refractivity (Wildman–Crippen MR) is 84.3 cm³/mol. The summed E-state index contributed by atoms with van der Waals surface area (Å²) in [6.07, 6.45) is -0.928. The van der Waals surface area contributed by atoms with Gasteiger partial charge in [-0.2, -0.15) is 0 Å². The number of rotatable bonds is 6. The first-order chi connectivity index (χ1) is 10.5. The van der Waals surface area contributed by atoms with Crippen molar-refractivity contribution < 1.29 is 14.8 Å². The standard InChI is InChI=1S/C16H18N2O4/c1-17(2)13-6-4-8-15(10-13)22-11-16(19)12-5-3-7-14(9-12)18(20)21/h3-10,16,19H,11H2,1-2H3. The van der Waals surface area contributed by atoms with Crippen LogP contribution in [0.1, 0.15) is 11.7 Å². The highest BCUT2D eigenvalue weighted by Gasteiger charge is 2.13. The summed E-state index contributed by atoms with van der Waals surface area (Å²) < 4.78 is 5.57. The topological polar surface area (TPSA) is 75.8 Å². The van der Waals surface area contributed by atoms with Gasteiger partial charge < -0.3 is 14.7 Å². The van der Waals surface area contributed by atoms with Gasteiger partial charge in [-0.3, -0.25) is 10.1 Å². The van der Waals surface area contributed by atoms with Gasteiger partial charge in [-0.05, 0) is 17.7 Å². The predicted octanol–water partition coefficient (Wildman–Crippen LogP) is 2.77. The van der Waals surface area contributed by atoms with E-state index in [1.54, 1.807) is 18.2 Å². The number of hydrogen-bond donors (Lipinski definition) is 1. The molecule has 0 aliphatic carbocycles. The molecule has 0 aliphatic heterocycles. The molecule has 0 amide bonds. The average molecular weight is 302 g/mol. The van der Waals surface area contributed by atoms with E-state index in [1.807, 2.05) is 37.2 Å².